The molecule has 1 aromatic heterocycles. The van der Waals surface area contributed by atoms with Crippen LogP contribution in [-0.2, 0) is 6.42 Å². The minimum absolute atomic E-state index is 0.119. The van der Waals surface area contributed by atoms with E-state index in [1.807, 2.05) is 35.2 Å². The van der Waals surface area contributed by atoms with Crippen molar-refractivity contribution in [2.75, 3.05) is 25.0 Å². The molecule has 4 rings (SSSR count). The first kappa shape index (κ1) is 19.8. The van der Waals surface area contributed by atoms with Gasteiger partial charge in [0.1, 0.15) is 17.7 Å². The number of aromatic nitrogens is 1. The Hall–Kier alpha value is -3.54. The number of hydrogen-bond acceptors (Lipinski definition) is 4. The molecule has 2 aromatic carbocycles. The van der Waals surface area contributed by atoms with Gasteiger partial charge in [-0.3, -0.25) is 0 Å². The quantitative estimate of drug-likeness (QED) is 0.628. The number of carbonyl (C=O) groups excluding carboxylic acids is 1. The lowest BCUT2D eigenvalue weighted by atomic mass is 10.0. The molecule has 6 nitrogen and oxygen atoms in total. The highest BCUT2D eigenvalue weighted by molar-refractivity contribution is 5.89. The Balaban J connectivity index is 1.27. The maximum Gasteiger partial charge on any atom is 0.321 e. The van der Waals surface area contributed by atoms with Crippen LogP contribution in [0.1, 0.15) is 24.0 Å². The van der Waals surface area contributed by atoms with Gasteiger partial charge in [0.15, 0.2) is 0 Å². The maximum absolute atomic E-state index is 12.3. The van der Waals surface area contributed by atoms with Crippen LogP contribution >= 0.6 is 0 Å². The minimum Gasteiger partial charge on any atom is -0.493 e. The Labute approximate surface area is 176 Å². The zero-order valence-electron chi connectivity index (χ0n) is 16.8. The van der Waals surface area contributed by atoms with Crippen LogP contribution in [0.3, 0.4) is 0 Å². The Kier molecular flexibility index (Phi) is 6.44. The van der Waals surface area contributed by atoms with Crippen molar-refractivity contribution < 1.29 is 14.1 Å². The summed E-state index contributed by atoms with van der Waals surface area (Å²) in [4.78, 5) is 14.1. The van der Waals surface area contributed by atoms with Crippen LogP contribution in [0.15, 0.2) is 77.2 Å². The summed E-state index contributed by atoms with van der Waals surface area (Å²) in [5, 5.41) is 6.38. The Morgan fingerprint density at radius 3 is 2.73 bits per heavy atom. The summed E-state index contributed by atoms with van der Waals surface area (Å²) >= 11 is 0. The molecule has 2 amide bonds. The molecule has 0 saturated carbocycles. The van der Waals surface area contributed by atoms with Crippen molar-refractivity contribution in [2.45, 2.75) is 19.3 Å². The fraction of sp³-hybridized carbons (Fsp3) is 0.250. The van der Waals surface area contributed by atoms with Crippen molar-refractivity contribution in [1.82, 2.24) is 10.1 Å². The number of carbonyl (C=O) groups is 1. The van der Waals surface area contributed by atoms with Crippen LogP contribution in [0.5, 0.6) is 5.75 Å². The van der Waals surface area contributed by atoms with Gasteiger partial charge >= 0.3 is 6.03 Å². The normalized spacial score (nSPS) is 13.7. The highest BCUT2D eigenvalue weighted by Crippen LogP contribution is 2.22. The number of nitrogens with zero attached hydrogens (tertiary/aromatic N) is 2. The Bertz CT molecular complexity index is 974. The molecule has 2 heterocycles. The number of piperidine rings is 1. The molecule has 154 valence electrons. The molecule has 6 heteroatoms. The van der Waals surface area contributed by atoms with Gasteiger partial charge in [0, 0.05) is 19.5 Å². The van der Waals surface area contributed by atoms with Crippen molar-refractivity contribution in [3.8, 4) is 5.75 Å². The number of urea groups is 1. The van der Waals surface area contributed by atoms with E-state index in [2.05, 4.69) is 40.8 Å². The standard InChI is InChI=1S/C24H25N3O3/c28-24(26-22-17-25-30-18-22)27-12-9-20(10-13-27)15-21-7-4-8-23(16-21)29-14-11-19-5-2-1-3-6-19/h1-8,15-18H,9-14H2,(H,26,28). The van der Waals surface area contributed by atoms with Gasteiger partial charge in [0.25, 0.3) is 0 Å². The number of anilines is 1. The topological polar surface area (TPSA) is 67.6 Å². The number of likely N-dealkylation sites (tertiary alicyclic amines) is 1. The third kappa shape index (κ3) is 5.50. The highest BCUT2D eigenvalue weighted by atomic mass is 16.5. The number of nitrogens with one attached hydrogen (secondary N) is 1. The summed E-state index contributed by atoms with van der Waals surface area (Å²) in [6.45, 7) is 2.03. The molecule has 0 atom stereocenters. The number of hydrogen-bond donors (Lipinski definition) is 1. The molecule has 0 bridgehead atoms. The molecule has 1 aliphatic heterocycles. The van der Waals surface area contributed by atoms with Crippen molar-refractivity contribution in [1.29, 1.82) is 0 Å². The smallest absolute Gasteiger partial charge is 0.321 e. The van der Waals surface area contributed by atoms with Gasteiger partial charge in [0.05, 0.1) is 12.8 Å². The largest absolute Gasteiger partial charge is 0.493 e. The lowest BCUT2D eigenvalue weighted by Crippen LogP contribution is -2.39. The zero-order chi connectivity index (χ0) is 20.6. The second kappa shape index (κ2) is 9.78. The summed E-state index contributed by atoms with van der Waals surface area (Å²) in [5.41, 5.74) is 4.32. The second-order valence-corrected chi connectivity index (χ2v) is 7.29. The van der Waals surface area contributed by atoms with Gasteiger partial charge in [0.2, 0.25) is 0 Å². The van der Waals surface area contributed by atoms with Crippen LogP contribution in [0.4, 0.5) is 10.5 Å². The average molecular weight is 403 g/mol. The second-order valence-electron chi connectivity index (χ2n) is 7.29. The monoisotopic (exact) mass is 403 g/mol. The van der Waals surface area contributed by atoms with E-state index in [-0.39, 0.29) is 6.03 Å². The number of benzene rings is 2. The highest BCUT2D eigenvalue weighted by Gasteiger charge is 2.19. The molecule has 0 aliphatic carbocycles. The van der Waals surface area contributed by atoms with E-state index in [9.17, 15) is 4.79 Å². The summed E-state index contributed by atoms with van der Waals surface area (Å²) in [7, 11) is 0. The molecular formula is C24H25N3O3. The molecule has 3 aromatic rings. The number of rotatable bonds is 6. The van der Waals surface area contributed by atoms with Crippen LogP contribution in [0.25, 0.3) is 6.08 Å². The zero-order valence-corrected chi connectivity index (χ0v) is 16.8. The van der Waals surface area contributed by atoms with Gasteiger partial charge < -0.3 is 19.5 Å². The summed E-state index contributed by atoms with van der Waals surface area (Å²) in [5.74, 6) is 0.880. The molecule has 0 unspecified atom stereocenters. The molecule has 0 radical (unpaired) electrons. The fourth-order valence-corrected chi connectivity index (χ4v) is 3.47. The van der Waals surface area contributed by atoms with Crippen LogP contribution < -0.4 is 10.1 Å². The molecule has 1 fully saturated rings. The predicted octanol–water partition coefficient (Wildman–Crippen LogP) is 5.01. The van der Waals surface area contributed by atoms with E-state index >= 15 is 0 Å². The first-order valence-corrected chi connectivity index (χ1v) is 10.2. The lowest BCUT2D eigenvalue weighted by Gasteiger charge is -2.28. The minimum atomic E-state index is -0.119. The molecule has 1 saturated heterocycles. The van der Waals surface area contributed by atoms with Crippen molar-refractivity contribution in [3.05, 3.63) is 83.8 Å². The maximum atomic E-state index is 12.3. The predicted molar refractivity (Wildman–Crippen MR) is 116 cm³/mol. The van der Waals surface area contributed by atoms with Crippen LogP contribution in [-0.4, -0.2) is 35.8 Å². The average Bonchev–Trinajstić information content (AvgIpc) is 3.28. The fourth-order valence-electron chi connectivity index (χ4n) is 3.47. The van der Waals surface area contributed by atoms with E-state index in [4.69, 9.17) is 9.26 Å². The van der Waals surface area contributed by atoms with Crippen molar-refractivity contribution in [3.63, 3.8) is 0 Å². The first-order valence-electron chi connectivity index (χ1n) is 10.2. The summed E-state index contributed by atoms with van der Waals surface area (Å²) < 4.78 is 10.7. The molecule has 30 heavy (non-hydrogen) atoms. The van der Waals surface area contributed by atoms with Crippen LogP contribution in [0, 0.1) is 0 Å². The van der Waals surface area contributed by atoms with Crippen molar-refractivity contribution in [2.24, 2.45) is 0 Å². The molecule has 1 aliphatic rings. The number of amides is 2. The van der Waals surface area contributed by atoms with Gasteiger partial charge in [-0.2, -0.15) is 0 Å². The van der Waals surface area contributed by atoms with Gasteiger partial charge in [-0.15, -0.1) is 0 Å². The van der Waals surface area contributed by atoms with E-state index in [1.165, 1.54) is 23.6 Å². The lowest BCUT2D eigenvalue weighted by molar-refractivity contribution is 0.208. The van der Waals surface area contributed by atoms with Gasteiger partial charge in [-0.05, 0) is 36.1 Å². The first-order chi connectivity index (χ1) is 14.8. The Morgan fingerprint density at radius 2 is 1.97 bits per heavy atom. The van der Waals surface area contributed by atoms with Crippen molar-refractivity contribution >= 4 is 17.8 Å². The summed E-state index contributed by atoms with van der Waals surface area (Å²) in [6.07, 6.45) is 7.72. The Morgan fingerprint density at radius 1 is 1.13 bits per heavy atom. The van der Waals surface area contributed by atoms with Gasteiger partial charge in [-0.25, -0.2) is 4.79 Å². The summed E-state index contributed by atoms with van der Waals surface area (Å²) in [6, 6.07) is 18.4. The third-order valence-corrected chi connectivity index (χ3v) is 5.11. The van der Waals surface area contributed by atoms with E-state index in [0.29, 0.717) is 25.4 Å². The van der Waals surface area contributed by atoms with Crippen LogP contribution in [0.2, 0.25) is 0 Å². The number of ether oxygens (including phenoxy) is 1. The van der Waals surface area contributed by atoms with E-state index in [1.54, 1.807) is 0 Å². The van der Waals surface area contributed by atoms with E-state index < -0.39 is 0 Å². The van der Waals surface area contributed by atoms with E-state index in [0.717, 1.165) is 30.6 Å². The molecular weight excluding hydrogens is 378 g/mol. The van der Waals surface area contributed by atoms with Gasteiger partial charge in [-0.1, -0.05) is 59.3 Å². The SMILES string of the molecule is O=C(Nc1cnoc1)N1CCC(=Cc2cccc(OCCc3ccccc3)c2)CC1. The third-order valence-electron chi connectivity index (χ3n) is 5.11. The molecule has 0 spiro atoms. The molecule has 1 N–H and O–H groups in total.